The highest BCUT2D eigenvalue weighted by molar-refractivity contribution is 7.86. The monoisotopic (exact) mass is 312 g/mol. The summed E-state index contributed by atoms with van der Waals surface area (Å²) >= 11 is 0. The molecule has 0 spiro atoms. The number of fused-ring (bicyclic) bond motifs is 1. The standard InChI is InChI=1S/C14H20N2O4S/c17-11-14-10-16(7-8-20-14)21(18,19)15-6-5-12-3-1-2-4-13(12)9-15/h1-4,14,17H,5-11H2. The fraction of sp³-hybridized carbons (Fsp3) is 0.571. The number of rotatable bonds is 3. The molecule has 2 aliphatic rings. The third-order valence-electron chi connectivity index (χ3n) is 4.05. The van der Waals surface area contributed by atoms with Crippen molar-refractivity contribution in [2.45, 2.75) is 19.1 Å². The minimum absolute atomic E-state index is 0.158. The van der Waals surface area contributed by atoms with E-state index < -0.39 is 16.3 Å². The van der Waals surface area contributed by atoms with Crippen LogP contribution in [0.2, 0.25) is 0 Å². The molecular weight excluding hydrogens is 292 g/mol. The summed E-state index contributed by atoms with van der Waals surface area (Å²) in [4.78, 5) is 0. The molecule has 0 amide bonds. The lowest BCUT2D eigenvalue weighted by molar-refractivity contribution is -0.0318. The zero-order valence-corrected chi connectivity index (χ0v) is 12.6. The Morgan fingerprint density at radius 1 is 1.19 bits per heavy atom. The van der Waals surface area contributed by atoms with Crippen molar-refractivity contribution in [3.63, 3.8) is 0 Å². The number of ether oxygens (including phenoxy) is 1. The second-order valence-electron chi connectivity index (χ2n) is 5.39. The third kappa shape index (κ3) is 2.97. The Bertz CT molecular complexity index is 605. The van der Waals surface area contributed by atoms with Crippen molar-refractivity contribution in [2.75, 3.05) is 32.8 Å². The number of aliphatic hydroxyl groups excluding tert-OH is 1. The molecular formula is C14H20N2O4S. The normalized spacial score (nSPS) is 24.7. The van der Waals surface area contributed by atoms with E-state index in [4.69, 9.17) is 9.84 Å². The van der Waals surface area contributed by atoms with Crippen molar-refractivity contribution < 1.29 is 18.3 Å². The van der Waals surface area contributed by atoms with Crippen molar-refractivity contribution in [3.8, 4) is 0 Å². The summed E-state index contributed by atoms with van der Waals surface area (Å²) in [5, 5.41) is 9.15. The molecule has 7 heteroatoms. The first-order valence-corrected chi connectivity index (χ1v) is 8.55. The van der Waals surface area contributed by atoms with Crippen LogP contribution in [0.25, 0.3) is 0 Å². The van der Waals surface area contributed by atoms with Crippen molar-refractivity contribution >= 4 is 10.2 Å². The molecule has 1 fully saturated rings. The summed E-state index contributed by atoms with van der Waals surface area (Å²) < 4.78 is 33.7. The van der Waals surface area contributed by atoms with Crippen molar-refractivity contribution in [1.82, 2.24) is 8.61 Å². The van der Waals surface area contributed by atoms with Crippen LogP contribution in [-0.2, 0) is 27.9 Å². The number of hydrogen-bond donors (Lipinski definition) is 1. The zero-order valence-electron chi connectivity index (χ0n) is 11.8. The lowest BCUT2D eigenvalue weighted by Crippen LogP contribution is -2.52. The van der Waals surface area contributed by atoms with Crippen LogP contribution in [-0.4, -0.2) is 61.1 Å². The third-order valence-corrected chi connectivity index (χ3v) is 6.00. The van der Waals surface area contributed by atoms with Crippen molar-refractivity contribution in [2.24, 2.45) is 0 Å². The fourth-order valence-electron chi connectivity index (χ4n) is 2.84. The summed E-state index contributed by atoms with van der Waals surface area (Å²) in [5.41, 5.74) is 2.29. The molecule has 0 aliphatic carbocycles. The number of benzene rings is 1. The molecule has 2 aliphatic heterocycles. The van der Waals surface area contributed by atoms with Crippen LogP contribution in [0.1, 0.15) is 11.1 Å². The van der Waals surface area contributed by atoms with E-state index in [1.165, 1.54) is 14.2 Å². The van der Waals surface area contributed by atoms with Crippen LogP contribution in [0, 0.1) is 0 Å². The van der Waals surface area contributed by atoms with E-state index in [2.05, 4.69) is 6.07 Å². The van der Waals surface area contributed by atoms with Crippen molar-refractivity contribution in [3.05, 3.63) is 35.4 Å². The van der Waals surface area contributed by atoms with E-state index in [9.17, 15) is 8.42 Å². The van der Waals surface area contributed by atoms with Gasteiger partial charge in [0, 0.05) is 26.2 Å². The minimum Gasteiger partial charge on any atom is -0.394 e. The van der Waals surface area contributed by atoms with Gasteiger partial charge in [-0.1, -0.05) is 24.3 Å². The predicted octanol–water partition coefficient (Wildman–Crippen LogP) is -0.0174. The Balaban J connectivity index is 1.77. The molecule has 0 aromatic heterocycles. The molecule has 1 aromatic carbocycles. The summed E-state index contributed by atoms with van der Waals surface area (Å²) in [6.45, 7) is 1.65. The number of morpholine rings is 1. The van der Waals surface area contributed by atoms with Crippen LogP contribution in [0.3, 0.4) is 0 Å². The van der Waals surface area contributed by atoms with Gasteiger partial charge in [-0.15, -0.1) is 0 Å². The summed E-state index contributed by atoms with van der Waals surface area (Å²) in [6.07, 6.45) is 0.314. The van der Waals surface area contributed by atoms with Gasteiger partial charge in [0.1, 0.15) is 0 Å². The Hall–Kier alpha value is -0.990. The van der Waals surface area contributed by atoms with Gasteiger partial charge in [-0.3, -0.25) is 0 Å². The summed E-state index contributed by atoms with van der Waals surface area (Å²) in [5.74, 6) is 0. The topological polar surface area (TPSA) is 70.1 Å². The highest BCUT2D eigenvalue weighted by Gasteiger charge is 2.35. The SMILES string of the molecule is O=S(=O)(N1CCc2ccccc2C1)N1CCOC(CO)C1. The fourth-order valence-corrected chi connectivity index (χ4v) is 4.45. The number of aliphatic hydroxyl groups is 1. The highest BCUT2D eigenvalue weighted by Crippen LogP contribution is 2.23. The van der Waals surface area contributed by atoms with Gasteiger partial charge in [-0.05, 0) is 17.5 Å². The van der Waals surface area contributed by atoms with Gasteiger partial charge in [0.15, 0.2) is 0 Å². The molecule has 0 bridgehead atoms. The Morgan fingerprint density at radius 3 is 2.71 bits per heavy atom. The van der Waals surface area contributed by atoms with E-state index >= 15 is 0 Å². The van der Waals surface area contributed by atoms with Gasteiger partial charge in [0.2, 0.25) is 0 Å². The highest BCUT2D eigenvalue weighted by atomic mass is 32.2. The van der Waals surface area contributed by atoms with Crippen LogP contribution in [0.15, 0.2) is 24.3 Å². The van der Waals surface area contributed by atoms with E-state index in [0.717, 1.165) is 12.0 Å². The van der Waals surface area contributed by atoms with E-state index in [-0.39, 0.29) is 13.2 Å². The first-order chi connectivity index (χ1) is 10.1. The largest absolute Gasteiger partial charge is 0.394 e. The smallest absolute Gasteiger partial charge is 0.282 e. The lowest BCUT2D eigenvalue weighted by atomic mass is 10.0. The molecule has 116 valence electrons. The average Bonchev–Trinajstić information content (AvgIpc) is 2.54. The zero-order chi connectivity index (χ0) is 14.9. The number of nitrogens with zero attached hydrogens (tertiary/aromatic N) is 2. The Kier molecular flexibility index (Phi) is 4.28. The molecule has 1 atom stereocenters. The van der Waals surface area contributed by atoms with Crippen LogP contribution < -0.4 is 0 Å². The molecule has 0 radical (unpaired) electrons. The molecule has 6 nitrogen and oxygen atoms in total. The molecule has 21 heavy (non-hydrogen) atoms. The molecule has 2 heterocycles. The van der Waals surface area contributed by atoms with E-state index in [1.54, 1.807) is 0 Å². The minimum atomic E-state index is -3.50. The maximum atomic E-state index is 12.7. The van der Waals surface area contributed by atoms with Crippen LogP contribution in [0.5, 0.6) is 0 Å². The predicted molar refractivity (Wildman–Crippen MR) is 77.9 cm³/mol. The van der Waals surface area contributed by atoms with Gasteiger partial charge in [0.25, 0.3) is 10.2 Å². The maximum Gasteiger partial charge on any atom is 0.282 e. The quantitative estimate of drug-likeness (QED) is 0.852. The number of hydrogen-bond acceptors (Lipinski definition) is 4. The molecule has 1 saturated heterocycles. The maximum absolute atomic E-state index is 12.7. The van der Waals surface area contributed by atoms with Crippen molar-refractivity contribution in [1.29, 1.82) is 0 Å². The Morgan fingerprint density at radius 2 is 1.95 bits per heavy atom. The second-order valence-corrected chi connectivity index (χ2v) is 7.32. The van der Waals surface area contributed by atoms with Gasteiger partial charge in [-0.25, -0.2) is 0 Å². The van der Waals surface area contributed by atoms with Gasteiger partial charge in [0.05, 0.1) is 19.3 Å². The first-order valence-electron chi connectivity index (χ1n) is 7.15. The van der Waals surface area contributed by atoms with Gasteiger partial charge in [-0.2, -0.15) is 17.0 Å². The molecule has 3 rings (SSSR count). The second kappa shape index (κ2) is 6.02. The summed E-state index contributed by atoms with van der Waals surface area (Å²) in [7, 11) is -3.50. The van der Waals surface area contributed by atoms with E-state index in [1.807, 2.05) is 18.2 Å². The van der Waals surface area contributed by atoms with E-state index in [0.29, 0.717) is 26.2 Å². The lowest BCUT2D eigenvalue weighted by Gasteiger charge is -2.36. The molecule has 0 saturated carbocycles. The van der Waals surface area contributed by atoms with Gasteiger partial charge >= 0.3 is 0 Å². The van der Waals surface area contributed by atoms with Crippen LogP contribution >= 0.6 is 0 Å². The average molecular weight is 312 g/mol. The van der Waals surface area contributed by atoms with Crippen LogP contribution in [0.4, 0.5) is 0 Å². The summed E-state index contributed by atoms with van der Waals surface area (Å²) in [6, 6.07) is 7.95. The molecule has 1 unspecified atom stereocenters. The molecule has 1 N–H and O–H groups in total. The Labute approximate surface area is 125 Å². The molecule has 1 aromatic rings. The van der Waals surface area contributed by atoms with Gasteiger partial charge < -0.3 is 9.84 Å². The first kappa shape index (κ1) is 14.9.